The first kappa shape index (κ1) is 11.2. The second kappa shape index (κ2) is 4.71. The van der Waals surface area contributed by atoms with Gasteiger partial charge in [0.2, 0.25) is 0 Å². The molecule has 0 radical (unpaired) electrons. The van der Waals surface area contributed by atoms with Crippen LogP contribution in [0.4, 0.5) is 5.00 Å². The minimum absolute atomic E-state index is 0.165. The van der Waals surface area contributed by atoms with Gasteiger partial charge in [-0.3, -0.25) is 4.79 Å². The van der Waals surface area contributed by atoms with Crippen molar-refractivity contribution in [2.24, 2.45) is 0 Å². The molecule has 0 atom stereocenters. The quantitative estimate of drug-likeness (QED) is 0.927. The molecule has 0 bridgehead atoms. The predicted octanol–water partition coefficient (Wildman–Crippen LogP) is 2.86. The molecule has 0 fully saturated rings. The minimum atomic E-state index is -0.165. The highest BCUT2D eigenvalue weighted by molar-refractivity contribution is 9.10. The molecule has 6 heteroatoms. The molecule has 0 aliphatic heterocycles. The first-order valence-electron chi connectivity index (χ1n) is 4.51. The number of benzene rings is 1. The number of aromatic nitrogens is 2. The van der Waals surface area contributed by atoms with Gasteiger partial charge < -0.3 is 5.32 Å². The summed E-state index contributed by atoms with van der Waals surface area (Å²) in [4.78, 5) is 11.9. The zero-order valence-corrected chi connectivity index (χ0v) is 10.8. The summed E-state index contributed by atoms with van der Waals surface area (Å²) >= 11 is 4.49. The van der Waals surface area contributed by atoms with Gasteiger partial charge >= 0.3 is 0 Å². The number of aryl methyl sites for hydroxylation is 1. The normalized spacial score (nSPS) is 10.1. The molecular formula is C10H8BrN3OS. The van der Waals surface area contributed by atoms with Crippen LogP contribution in [0.5, 0.6) is 0 Å². The van der Waals surface area contributed by atoms with Crippen molar-refractivity contribution in [3.8, 4) is 0 Å². The SMILES string of the molecule is Cc1ccc(Br)c(C(=O)Nc2cnns2)c1. The second-order valence-corrected chi connectivity index (χ2v) is 4.86. The van der Waals surface area contributed by atoms with Crippen LogP contribution in [0.1, 0.15) is 15.9 Å². The Morgan fingerprint density at radius 2 is 2.31 bits per heavy atom. The summed E-state index contributed by atoms with van der Waals surface area (Å²) < 4.78 is 4.45. The van der Waals surface area contributed by atoms with Gasteiger partial charge in [-0.1, -0.05) is 16.1 Å². The summed E-state index contributed by atoms with van der Waals surface area (Å²) in [6, 6.07) is 5.62. The molecule has 4 nitrogen and oxygen atoms in total. The van der Waals surface area contributed by atoms with E-state index >= 15 is 0 Å². The van der Waals surface area contributed by atoms with E-state index in [0.717, 1.165) is 21.6 Å². The second-order valence-electron chi connectivity index (χ2n) is 3.22. The third-order valence-corrected chi connectivity index (χ3v) is 3.24. The summed E-state index contributed by atoms with van der Waals surface area (Å²) in [5, 5.41) is 7.02. The molecule has 1 amide bonds. The van der Waals surface area contributed by atoms with Crippen molar-refractivity contribution in [2.45, 2.75) is 6.92 Å². The van der Waals surface area contributed by atoms with Crippen molar-refractivity contribution in [1.82, 2.24) is 9.59 Å². The number of nitrogens with one attached hydrogen (secondary N) is 1. The van der Waals surface area contributed by atoms with Gasteiger partial charge in [0.15, 0.2) is 0 Å². The fourth-order valence-electron chi connectivity index (χ4n) is 1.21. The number of amides is 1. The Labute approximate surface area is 105 Å². The molecule has 1 aromatic heterocycles. The fraction of sp³-hybridized carbons (Fsp3) is 0.100. The van der Waals surface area contributed by atoms with E-state index in [1.54, 1.807) is 0 Å². The molecule has 0 unspecified atom stereocenters. The van der Waals surface area contributed by atoms with E-state index < -0.39 is 0 Å². The van der Waals surface area contributed by atoms with E-state index in [1.165, 1.54) is 6.20 Å². The highest BCUT2D eigenvalue weighted by atomic mass is 79.9. The van der Waals surface area contributed by atoms with E-state index in [2.05, 4.69) is 30.8 Å². The average Bonchev–Trinajstić information content (AvgIpc) is 2.74. The highest BCUT2D eigenvalue weighted by Gasteiger charge is 2.11. The van der Waals surface area contributed by atoms with E-state index in [4.69, 9.17) is 0 Å². The van der Waals surface area contributed by atoms with Crippen LogP contribution in [0.3, 0.4) is 0 Å². The maximum atomic E-state index is 11.9. The Balaban J connectivity index is 2.24. The number of rotatable bonds is 2. The maximum absolute atomic E-state index is 11.9. The largest absolute Gasteiger partial charge is 0.311 e. The predicted molar refractivity (Wildman–Crippen MR) is 66.7 cm³/mol. The van der Waals surface area contributed by atoms with Crippen LogP contribution in [0, 0.1) is 6.92 Å². The van der Waals surface area contributed by atoms with Crippen LogP contribution in [0.15, 0.2) is 28.9 Å². The first-order chi connectivity index (χ1) is 7.66. The van der Waals surface area contributed by atoms with Gasteiger partial charge in [0.1, 0.15) is 5.00 Å². The number of hydrogen-bond donors (Lipinski definition) is 1. The van der Waals surface area contributed by atoms with Gasteiger partial charge in [-0.15, -0.1) is 5.10 Å². The maximum Gasteiger partial charge on any atom is 0.257 e. The molecule has 1 N–H and O–H groups in total. The molecule has 0 aliphatic carbocycles. The van der Waals surface area contributed by atoms with Crippen LogP contribution in [0.25, 0.3) is 0 Å². The first-order valence-corrected chi connectivity index (χ1v) is 6.08. The molecule has 0 saturated carbocycles. The van der Waals surface area contributed by atoms with Crippen molar-refractivity contribution in [2.75, 3.05) is 5.32 Å². The molecular weight excluding hydrogens is 290 g/mol. The Hall–Kier alpha value is -1.27. The Bertz CT molecular complexity index is 513. The van der Waals surface area contributed by atoms with Gasteiger partial charge in [0.05, 0.1) is 11.8 Å². The summed E-state index contributed by atoms with van der Waals surface area (Å²) in [7, 11) is 0. The topological polar surface area (TPSA) is 54.9 Å². The molecule has 16 heavy (non-hydrogen) atoms. The lowest BCUT2D eigenvalue weighted by Gasteiger charge is -2.05. The zero-order chi connectivity index (χ0) is 11.5. The number of carbonyl (C=O) groups is 1. The lowest BCUT2D eigenvalue weighted by atomic mass is 10.1. The molecule has 2 aromatic rings. The standard InChI is InChI=1S/C10H8BrN3OS/c1-6-2-3-8(11)7(4-6)10(15)13-9-5-12-14-16-9/h2-5H,1H3,(H,13,15). The van der Waals surface area contributed by atoms with Crippen molar-refractivity contribution >= 4 is 38.4 Å². The van der Waals surface area contributed by atoms with E-state index in [-0.39, 0.29) is 5.91 Å². The molecule has 0 saturated heterocycles. The summed E-state index contributed by atoms with van der Waals surface area (Å²) in [5.74, 6) is -0.165. The van der Waals surface area contributed by atoms with Crippen molar-refractivity contribution in [3.63, 3.8) is 0 Å². The smallest absolute Gasteiger partial charge is 0.257 e. The van der Waals surface area contributed by atoms with Crippen LogP contribution >= 0.6 is 27.5 Å². The summed E-state index contributed by atoms with van der Waals surface area (Å²) in [5.41, 5.74) is 1.64. The molecule has 0 aliphatic rings. The van der Waals surface area contributed by atoms with Gasteiger partial charge in [0, 0.05) is 16.0 Å². The van der Waals surface area contributed by atoms with Gasteiger partial charge in [0.25, 0.3) is 5.91 Å². The van der Waals surface area contributed by atoms with E-state index in [1.807, 2.05) is 25.1 Å². The monoisotopic (exact) mass is 297 g/mol. The lowest BCUT2D eigenvalue weighted by Crippen LogP contribution is -2.11. The number of nitrogens with zero attached hydrogens (tertiary/aromatic N) is 2. The summed E-state index contributed by atoms with van der Waals surface area (Å²) in [6.07, 6.45) is 1.52. The van der Waals surface area contributed by atoms with Gasteiger partial charge in [-0.05, 0) is 35.0 Å². The van der Waals surface area contributed by atoms with Crippen LogP contribution < -0.4 is 5.32 Å². The zero-order valence-electron chi connectivity index (χ0n) is 8.40. The third-order valence-electron chi connectivity index (χ3n) is 1.96. The Kier molecular flexibility index (Phi) is 3.31. The molecule has 1 heterocycles. The van der Waals surface area contributed by atoms with Crippen LogP contribution in [-0.4, -0.2) is 15.5 Å². The van der Waals surface area contributed by atoms with Crippen molar-refractivity contribution in [3.05, 3.63) is 40.0 Å². The fourth-order valence-corrected chi connectivity index (χ4v) is 2.06. The average molecular weight is 298 g/mol. The number of halogens is 1. The number of hydrogen-bond acceptors (Lipinski definition) is 4. The third kappa shape index (κ3) is 2.45. The molecule has 2 rings (SSSR count). The van der Waals surface area contributed by atoms with Crippen LogP contribution in [-0.2, 0) is 0 Å². The van der Waals surface area contributed by atoms with Gasteiger partial charge in [-0.25, -0.2) is 0 Å². The Morgan fingerprint density at radius 3 is 3.00 bits per heavy atom. The van der Waals surface area contributed by atoms with E-state index in [9.17, 15) is 4.79 Å². The molecule has 0 spiro atoms. The number of anilines is 1. The molecule has 1 aromatic carbocycles. The molecule has 82 valence electrons. The van der Waals surface area contributed by atoms with E-state index in [0.29, 0.717) is 10.6 Å². The highest BCUT2D eigenvalue weighted by Crippen LogP contribution is 2.20. The lowest BCUT2D eigenvalue weighted by molar-refractivity contribution is 0.102. The van der Waals surface area contributed by atoms with Gasteiger partial charge in [-0.2, -0.15) is 0 Å². The van der Waals surface area contributed by atoms with Crippen molar-refractivity contribution < 1.29 is 4.79 Å². The number of carbonyl (C=O) groups excluding carboxylic acids is 1. The van der Waals surface area contributed by atoms with Crippen LogP contribution in [0.2, 0.25) is 0 Å². The minimum Gasteiger partial charge on any atom is -0.311 e. The van der Waals surface area contributed by atoms with Crippen molar-refractivity contribution in [1.29, 1.82) is 0 Å². The summed E-state index contributed by atoms with van der Waals surface area (Å²) in [6.45, 7) is 1.94. The Morgan fingerprint density at radius 1 is 1.50 bits per heavy atom.